The molecule has 0 radical (unpaired) electrons. The molecule has 0 saturated carbocycles. The van der Waals surface area contributed by atoms with E-state index in [4.69, 9.17) is 5.11 Å². The number of carboxylic acid groups (broad SMARTS) is 1. The highest BCUT2D eigenvalue weighted by atomic mass is 32.1. The predicted octanol–water partition coefficient (Wildman–Crippen LogP) is 2.65. The SMILES string of the molecule is O=C(O)[C@H]1CNC[C@@H](CN/N=C/c2sccc2-c2ccccc2)C1. The van der Waals surface area contributed by atoms with Gasteiger partial charge >= 0.3 is 5.97 Å². The largest absolute Gasteiger partial charge is 0.481 e. The lowest BCUT2D eigenvalue weighted by molar-refractivity contribution is -0.142. The molecular formula is C18H21N3O2S. The van der Waals surface area contributed by atoms with Gasteiger partial charge in [-0.15, -0.1) is 11.3 Å². The Morgan fingerprint density at radius 2 is 2.17 bits per heavy atom. The molecule has 3 N–H and O–H groups in total. The lowest BCUT2D eigenvalue weighted by atomic mass is 9.91. The first-order valence-corrected chi connectivity index (χ1v) is 8.94. The van der Waals surface area contributed by atoms with E-state index in [-0.39, 0.29) is 11.8 Å². The number of hydrogen-bond acceptors (Lipinski definition) is 5. The van der Waals surface area contributed by atoms with Gasteiger partial charge in [-0.25, -0.2) is 0 Å². The molecular weight excluding hydrogens is 322 g/mol. The summed E-state index contributed by atoms with van der Waals surface area (Å²) in [5, 5.41) is 18.7. The van der Waals surface area contributed by atoms with Gasteiger partial charge in [0.2, 0.25) is 0 Å². The van der Waals surface area contributed by atoms with E-state index in [0.717, 1.165) is 11.4 Å². The predicted molar refractivity (Wildman–Crippen MR) is 97.5 cm³/mol. The molecule has 0 aliphatic carbocycles. The fourth-order valence-corrected chi connectivity index (χ4v) is 3.71. The Labute approximate surface area is 145 Å². The summed E-state index contributed by atoms with van der Waals surface area (Å²) in [7, 11) is 0. The van der Waals surface area contributed by atoms with Crippen LogP contribution in [-0.2, 0) is 4.79 Å². The van der Waals surface area contributed by atoms with Crippen LogP contribution in [0.2, 0.25) is 0 Å². The number of carboxylic acids is 1. The maximum Gasteiger partial charge on any atom is 0.307 e. The Morgan fingerprint density at radius 3 is 2.96 bits per heavy atom. The summed E-state index contributed by atoms with van der Waals surface area (Å²) in [6, 6.07) is 12.3. The van der Waals surface area contributed by atoms with Gasteiger partial charge in [0.25, 0.3) is 0 Å². The van der Waals surface area contributed by atoms with Crippen molar-refractivity contribution in [2.24, 2.45) is 16.9 Å². The van der Waals surface area contributed by atoms with Gasteiger partial charge in [0.1, 0.15) is 0 Å². The minimum Gasteiger partial charge on any atom is -0.481 e. The molecule has 2 aromatic rings. The highest BCUT2D eigenvalue weighted by molar-refractivity contribution is 7.12. The lowest BCUT2D eigenvalue weighted by Crippen LogP contribution is -2.42. The molecule has 3 rings (SSSR count). The Hall–Kier alpha value is -2.18. The number of benzene rings is 1. The normalized spacial score (nSPS) is 21.0. The van der Waals surface area contributed by atoms with E-state index in [2.05, 4.69) is 39.4 Å². The molecule has 0 bridgehead atoms. The third kappa shape index (κ3) is 4.21. The van der Waals surface area contributed by atoms with Crippen molar-refractivity contribution < 1.29 is 9.90 Å². The van der Waals surface area contributed by atoms with Crippen LogP contribution < -0.4 is 10.7 Å². The van der Waals surface area contributed by atoms with Gasteiger partial charge in [-0.2, -0.15) is 5.10 Å². The highest BCUT2D eigenvalue weighted by Gasteiger charge is 2.26. The van der Waals surface area contributed by atoms with Gasteiger partial charge in [0.15, 0.2) is 0 Å². The first-order chi connectivity index (χ1) is 11.7. The van der Waals surface area contributed by atoms with Crippen molar-refractivity contribution in [3.8, 4) is 11.1 Å². The summed E-state index contributed by atoms with van der Waals surface area (Å²) in [6.07, 6.45) is 2.54. The van der Waals surface area contributed by atoms with Crippen molar-refractivity contribution in [3.05, 3.63) is 46.7 Å². The molecule has 1 saturated heterocycles. The summed E-state index contributed by atoms with van der Waals surface area (Å²) in [4.78, 5) is 12.2. The molecule has 2 atom stereocenters. The quantitative estimate of drug-likeness (QED) is 0.557. The zero-order valence-electron chi connectivity index (χ0n) is 13.3. The van der Waals surface area contributed by atoms with E-state index >= 15 is 0 Å². The molecule has 0 amide bonds. The molecule has 0 spiro atoms. The number of hydrogen-bond donors (Lipinski definition) is 3. The average Bonchev–Trinajstić information content (AvgIpc) is 3.08. The van der Waals surface area contributed by atoms with E-state index in [9.17, 15) is 4.79 Å². The number of hydrazone groups is 1. The van der Waals surface area contributed by atoms with Gasteiger partial charge in [-0.1, -0.05) is 30.3 Å². The van der Waals surface area contributed by atoms with Crippen LogP contribution >= 0.6 is 11.3 Å². The zero-order chi connectivity index (χ0) is 16.8. The van der Waals surface area contributed by atoms with E-state index in [1.807, 2.05) is 24.4 Å². The van der Waals surface area contributed by atoms with Crippen molar-refractivity contribution in [3.63, 3.8) is 0 Å². The van der Waals surface area contributed by atoms with Gasteiger partial charge in [0.05, 0.1) is 17.0 Å². The minimum absolute atomic E-state index is 0.286. The number of nitrogens with zero attached hydrogens (tertiary/aromatic N) is 1. The first-order valence-electron chi connectivity index (χ1n) is 8.06. The van der Waals surface area contributed by atoms with Crippen LogP contribution in [0.4, 0.5) is 0 Å². The number of nitrogens with one attached hydrogen (secondary N) is 2. The smallest absolute Gasteiger partial charge is 0.307 e. The topological polar surface area (TPSA) is 73.7 Å². The number of piperidine rings is 1. The van der Waals surface area contributed by atoms with Crippen LogP contribution in [0.25, 0.3) is 11.1 Å². The van der Waals surface area contributed by atoms with Crippen LogP contribution in [0, 0.1) is 11.8 Å². The first kappa shape index (κ1) is 16.7. The molecule has 126 valence electrons. The molecule has 0 unspecified atom stereocenters. The summed E-state index contributed by atoms with van der Waals surface area (Å²) in [5.74, 6) is -0.729. The van der Waals surface area contributed by atoms with Crippen LogP contribution in [-0.4, -0.2) is 36.9 Å². The molecule has 5 nitrogen and oxygen atoms in total. The van der Waals surface area contributed by atoms with Gasteiger partial charge in [-0.3, -0.25) is 4.79 Å². The van der Waals surface area contributed by atoms with Crippen molar-refractivity contribution in [2.75, 3.05) is 19.6 Å². The lowest BCUT2D eigenvalue weighted by Gasteiger charge is -2.27. The fourth-order valence-electron chi connectivity index (χ4n) is 2.94. The Bertz CT molecular complexity index is 699. The van der Waals surface area contributed by atoms with Crippen molar-refractivity contribution >= 4 is 23.5 Å². The zero-order valence-corrected chi connectivity index (χ0v) is 14.1. The number of thiophene rings is 1. The molecule has 24 heavy (non-hydrogen) atoms. The monoisotopic (exact) mass is 343 g/mol. The molecule has 2 heterocycles. The Kier molecular flexibility index (Phi) is 5.61. The molecule has 1 aromatic heterocycles. The summed E-state index contributed by atoms with van der Waals surface area (Å²) in [5.41, 5.74) is 5.43. The fraction of sp³-hybridized carbons (Fsp3) is 0.333. The maximum absolute atomic E-state index is 11.1. The highest BCUT2D eigenvalue weighted by Crippen LogP contribution is 2.26. The molecule has 1 aliphatic rings. The van der Waals surface area contributed by atoms with Crippen LogP contribution in [0.1, 0.15) is 11.3 Å². The summed E-state index contributed by atoms with van der Waals surface area (Å²) < 4.78 is 0. The van der Waals surface area contributed by atoms with E-state index in [1.54, 1.807) is 11.3 Å². The number of carbonyl (C=O) groups is 1. The van der Waals surface area contributed by atoms with Crippen LogP contribution in [0.15, 0.2) is 46.9 Å². The average molecular weight is 343 g/mol. The maximum atomic E-state index is 11.1. The number of rotatable bonds is 6. The minimum atomic E-state index is -0.721. The van der Waals surface area contributed by atoms with Crippen molar-refractivity contribution in [1.82, 2.24) is 10.7 Å². The second kappa shape index (κ2) is 8.08. The summed E-state index contributed by atoms with van der Waals surface area (Å²) in [6.45, 7) is 2.07. The van der Waals surface area contributed by atoms with Crippen molar-refractivity contribution in [1.29, 1.82) is 0 Å². The van der Waals surface area contributed by atoms with Crippen molar-refractivity contribution in [2.45, 2.75) is 6.42 Å². The molecule has 6 heteroatoms. The second-order valence-corrected chi connectivity index (χ2v) is 6.93. The van der Waals surface area contributed by atoms with Gasteiger partial charge in [-0.05, 0) is 35.9 Å². The third-order valence-electron chi connectivity index (χ3n) is 4.22. The van der Waals surface area contributed by atoms with Gasteiger partial charge < -0.3 is 15.8 Å². The van der Waals surface area contributed by atoms with Gasteiger partial charge in [0, 0.05) is 18.7 Å². The molecule has 1 aliphatic heterocycles. The summed E-state index contributed by atoms with van der Waals surface area (Å²) >= 11 is 1.66. The van der Waals surface area contributed by atoms with E-state index < -0.39 is 5.97 Å². The Balaban J connectivity index is 1.54. The standard InChI is InChI=1S/C18H21N3O2S/c22-18(23)15-8-13(9-19-11-15)10-20-21-12-17-16(6-7-24-17)14-4-2-1-3-5-14/h1-7,12-13,15,19-20H,8-11H2,(H,22,23)/b21-12+/t13-,15+/m0/s1. The molecule has 1 fully saturated rings. The third-order valence-corrected chi connectivity index (χ3v) is 5.08. The van der Waals surface area contributed by atoms with Crippen LogP contribution in [0.5, 0.6) is 0 Å². The van der Waals surface area contributed by atoms with E-state index in [1.165, 1.54) is 11.1 Å². The van der Waals surface area contributed by atoms with E-state index in [0.29, 0.717) is 19.5 Å². The van der Waals surface area contributed by atoms with Crippen LogP contribution in [0.3, 0.4) is 0 Å². The Morgan fingerprint density at radius 1 is 1.33 bits per heavy atom. The molecule has 1 aromatic carbocycles. The number of aliphatic carboxylic acids is 1. The second-order valence-electron chi connectivity index (χ2n) is 5.98.